The molecule has 2 aromatic carbocycles. The van der Waals surface area contributed by atoms with E-state index in [-0.39, 0.29) is 16.3 Å². The summed E-state index contributed by atoms with van der Waals surface area (Å²) in [7, 11) is 0. The highest BCUT2D eigenvalue weighted by atomic mass is 35.5. The quantitative estimate of drug-likeness (QED) is 0.866. The molecule has 0 amide bonds. The Morgan fingerprint density at radius 2 is 1.74 bits per heavy atom. The molecule has 100 valence electrons. The number of ether oxygens (including phenoxy) is 1. The maximum absolute atomic E-state index is 13.7. The van der Waals surface area contributed by atoms with Crippen LogP contribution in [0.4, 0.5) is 4.39 Å². The van der Waals surface area contributed by atoms with Gasteiger partial charge < -0.3 is 9.84 Å². The first kappa shape index (κ1) is 14.1. The van der Waals surface area contributed by atoms with E-state index in [1.54, 1.807) is 24.3 Å². The molecule has 0 spiro atoms. The van der Waals surface area contributed by atoms with Crippen LogP contribution in [0.25, 0.3) is 0 Å². The van der Waals surface area contributed by atoms with E-state index in [9.17, 15) is 9.50 Å². The molecule has 0 aromatic heterocycles. The lowest BCUT2D eigenvalue weighted by molar-refractivity contribution is 0.190. The summed E-state index contributed by atoms with van der Waals surface area (Å²) in [6.45, 7) is 1.46. The Kier molecular flexibility index (Phi) is 4.30. The molecule has 0 heterocycles. The van der Waals surface area contributed by atoms with Crippen molar-refractivity contribution < 1.29 is 14.2 Å². The maximum atomic E-state index is 13.7. The van der Waals surface area contributed by atoms with Crippen molar-refractivity contribution in [2.75, 3.05) is 0 Å². The van der Waals surface area contributed by atoms with Crippen LogP contribution in [-0.2, 0) is 0 Å². The highest BCUT2D eigenvalue weighted by Gasteiger charge is 2.16. The van der Waals surface area contributed by atoms with E-state index in [1.807, 2.05) is 0 Å². The van der Waals surface area contributed by atoms with Crippen LogP contribution in [0, 0.1) is 5.82 Å². The van der Waals surface area contributed by atoms with Crippen molar-refractivity contribution in [2.45, 2.75) is 13.0 Å². The first-order valence-electron chi connectivity index (χ1n) is 5.59. The Bertz CT molecular complexity index is 600. The van der Waals surface area contributed by atoms with Gasteiger partial charge in [-0.05, 0) is 31.2 Å². The second kappa shape index (κ2) is 5.78. The van der Waals surface area contributed by atoms with E-state index < -0.39 is 11.9 Å². The molecule has 0 saturated heterocycles. The Morgan fingerprint density at radius 3 is 2.42 bits per heavy atom. The van der Waals surface area contributed by atoms with Gasteiger partial charge in [-0.2, -0.15) is 0 Å². The molecule has 0 aliphatic heterocycles. The van der Waals surface area contributed by atoms with Crippen LogP contribution in [-0.4, -0.2) is 5.11 Å². The minimum atomic E-state index is -0.992. The summed E-state index contributed by atoms with van der Waals surface area (Å²) in [5, 5.41) is 10.2. The fraction of sp³-hybridized carbons (Fsp3) is 0.143. The van der Waals surface area contributed by atoms with Crippen molar-refractivity contribution in [1.29, 1.82) is 0 Å². The molecular weight excluding hydrogens is 290 g/mol. The zero-order chi connectivity index (χ0) is 14.0. The lowest BCUT2D eigenvalue weighted by Gasteiger charge is -2.15. The monoisotopic (exact) mass is 300 g/mol. The van der Waals surface area contributed by atoms with Gasteiger partial charge >= 0.3 is 0 Å². The molecule has 0 aliphatic carbocycles. The summed E-state index contributed by atoms with van der Waals surface area (Å²) >= 11 is 11.9. The van der Waals surface area contributed by atoms with Crippen molar-refractivity contribution >= 4 is 23.2 Å². The first-order chi connectivity index (χ1) is 9.00. The summed E-state index contributed by atoms with van der Waals surface area (Å²) in [6.07, 6.45) is -0.992. The Labute approximate surface area is 120 Å². The molecule has 2 aromatic rings. The van der Waals surface area contributed by atoms with Crippen LogP contribution in [0.15, 0.2) is 36.4 Å². The number of benzene rings is 2. The lowest BCUT2D eigenvalue weighted by atomic mass is 10.1. The molecule has 2 rings (SSSR count). The molecular formula is C14H11Cl2FO2. The van der Waals surface area contributed by atoms with Gasteiger partial charge in [0.2, 0.25) is 0 Å². The lowest BCUT2D eigenvalue weighted by Crippen LogP contribution is -2.00. The molecule has 19 heavy (non-hydrogen) atoms. The maximum Gasteiger partial charge on any atom is 0.147 e. The van der Waals surface area contributed by atoms with Crippen molar-refractivity contribution in [3.63, 3.8) is 0 Å². The molecule has 0 fully saturated rings. The fourth-order valence-corrected chi connectivity index (χ4v) is 2.02. The van der Waals surface area contributed by atoms with Gasteiger partial charge in [-0.1, -0.05) is 35.3 Å². The van der Waals surface area contributed by atoms with Gasteiger partial charge in [-0.15, -0.1) is 0 Å². The highest BCUT2D eigenvalue weighted by Crippen LogP contribution is 2.37. The highest BCUT2D eigenvalue weighted by molar-refractivity contribution is 6.42. The zero-order valence-electron chi connectivity index (χ0n) is 10.0. The van der Waals surface area contributed by atoms with E-state index in [1.165, 1.54) is 19.1 Å². The molecule has 0 bridgehead atoms. The van der Waals surface area contributed by atoms with Gasteiger partial charge in [0.25, 0.3) is 0 Å². The normalized spacial score (nSPS) is 12.3. The first-order valence-corrected chi connectivity index (χ1v) is 6.34. The summed E-state index contributed by atoms with van der Waals surface area (Å²) in [5.41, 5.74) is 0.0820. The number of halogens is 3. The average molecular weight is 301 g/mol. The van der Waals surface area contributed by atoms with Crippen LogP contribution in [0.2, 0.25) is 10.0 Å². The van der Waals surface area contributed by atoms with E-state index >= 15 is 0 Å². The van der Waals surface area contributed by atoms with Crippen LogP contribution in [0.3, 0.4) is 0 Å². The number of hydrogen-bond donors (Lipinski definition) is 1. The second-order valence-corrected chi connectivity index (χ2v) is 4.77. The topological polar surface area (TPSA) is 29.5 Å². The van der Waals surface area contributed by atoms with E-state index in [0.717, 1.165) is 0 Å². The van der Waals surface area contributed by atoms with E-state index in [0.29, 0.717) is 10.8 Å². The molecule has 5 heteroatoms. The van der Waals surface area contributed by atoms with E-state index in [4.69, 9.17) is 27.9 Å². The second-order valence-electron chi connectivity index (χ2n) is 3.98. The summed E-state index contributed by atoms with van der Waals surface area (Å²) < 4.78 is 19.2. The van der Waals surface area contributed by atoms with Gasteiger partial charge in [0.15, 0.2) is 0 Å². The Hall–Kier alpha value is -1.29. The number of aliphatic hydroxyl groups is 1. The third kappa shape index (κ3) is 3.00. The van der Waals surface area contributed by atoms with Gasteiger partial charge in [0.05, 0.1) is 16.7 Å². The predicted octanol–water partition coefficient (Wildman–Crippen LogP) is 4.98. The van der Waals surface area contributed by atoms with Crippen molar-refractivity contribution in [1.82, 2.24) is 0 Å². The summed E-state index contributed by atoms with van der Waals surface area (Å²) in [5.74, 6) is -0.0218. The van der Waals surface area contributed by atoms with Gasteiger partial charge in [-0.3, -0.25) is 0 Å². The van der Waals surface area contributed by atoms with Gasteiger partial charge in [-0.25, -0.2) is 4.39 Å². The zero-order valence-corrected chi connectivity index (χ0v) is 11.5. The van der Waals surface area contributed by atoms with Crippen molar-refractivity contribution in [2.24, 2.45) is 0 Å². The minimum Gasteiger partial charge on any atom is -0.455 e. The largest absolute Gasteiger partial charge is 0.455 e. The molecule has 0 saturated carbocycles. The summed E-state index contributed by atoms with van der Waals surface area (Å²) in [4.78, 5) is 0. The smallest absolute Gasteiger partial charge is 0.147 e. The Balaban J connectivity index is 2.44. The number of aliphatic hydroxyl groups excluding tert-OH is 1. The van der Waals surface area contributed by atoms with E-state index in [2.05, 4.69) is 0 Å². The van der Waals surface area contributed by atoms with Crippen LogP contribution in [0.1, 0.15) is 18.6 Å². The fourth-order valence-electron chi connectivity index (χ4n) is 1.69. The third-order valence-corrected chi connectivity index (χ3v) is 3.37. The molecule has 0 aliphatic rings. The van der Waals surface area contributed by atoms with Crippen LogP contribution < -0.4 is 4.74 Å². The van der Waals surface area contributed by atoms with Crippen LogP contribution >= 0.6 is 23.2 Å². The Morgan fingerprint density at radius 1 is 1.11 bits per heavy atom. The van der Waals surface area contributed by atoms with Gasteiger partial charge in [0.1, 0.15) is 22.3 Å². The molecule has 0 radical (unpaired) electrons. The number of rotatable bonds is 3. The van der Waals surface area contributed by atoms with Crippen molar-refractivity contribution in [3.8, 4) is 11.5 Å². The molecule has 1 atom stereocenters. The molecule has 1 N–H and O–H groups in total. The van der Waals surface area contributed by atoms with Crippen molar-refractivity contribution in [3.05, 3.63) is 57.8 Å². The molecule has 0 unspecified atom stereocenters. The predicted molar refractivity (Wildman–Crippen MR) is 73.6 cm³/mol. The molecule has 2 nitrogen and oxygen atoms in total. The summed E-state index contributed by atoms with van der Waals surface area (Å²) in [6, 6.07) is 9.22. The van der Waals surface area contributed by atoms with Gasteiger partial charge in [0, 0.05) is 0 Å². The SMILES string of the molecule is C[C@H](O)c1c(F)cccc1Oc1cccc(Cl)c1Cl. The van der Waals surface area contributed by atoms with Crippen LogP contribution in [0.5, 0.6) is 11.5 Å². The minimum absolute atomic E-state index is 0.0820. The standard InChI is InChI=1S/C14H11Cl2FO2/c1-8(18)13-10(17)5-3-6-11(13)19-12-7-2-4-9(15)14(12)16/h2-8,18H,1H3/t8-/m0/s1. The number of hydrogen-bond acceptors (Lipinski definition) is 2. The average Bonchev–Trinajstić information content (AvgIpc) is 2.34. The third-order valence-electron chi connectivity index (χ3n) is 2.57.